The summed E-state index contributed by atoms with van der Waals surface area (Å²) in [6, 6.07) is 10.3. The van der Waals surface area contributed by atoms with Crippen LogP contribution in [0.5, 0.6) is 0 Å². The number of hydrogen-bond donors (Lipinski definition) is 0. The first-order chi connectivity index (χ1) is 17.2. The number of carbonyl (C=O) groups is 2. The van der Waals surface area contributed by atoms with Crippen LogP contribution in [-0.4, -0.2) is 69.7 Å². The lowest BCUT2D eigenvalue weighted by Crippen LogP contribution is -2.41. The lowest BCUT2D eigenvalue weighted by atomic mass is 10.1. The van der Waals surface area contributed by atoms with Gasteiger partial charge in [0, 0.05) is 30.3 Å². The third-order valence-electron chi connectivity index (χ3n) is 6.00. The standard InChI is InChI=1S/C22H21Cl2N5O4S3/c23-17-6-2-1-5-15(17)21(31)29-22(34-13-14-7-8-19(24)35-14)25-20(26-29)16-11-28(12-18(16)30)36(32,33)27-9-3-4-10-27/h1-2,5-8,16H,3-4,9-13H2. The van der Waals surface area contributed by atoms with Crippen molar-refractivity contribution >= 4 is 68.2 Å². The highest BCUT2D eigenvalue weighted by molar-refractivity contribution is 7.98. The normalized spacial score (nSPS) is 19.4. The van der Waals surface area contributed by atoms with Crippen LogP contribution < -0.4 is 0 Å². The van der Waals surface area contributed by atoms with Crippen LogP contribution in [0.25, 0.3) is 0 Å². The van der Waals surface area contributed by atoms with Crippen LogP contribution >= 0.6 is 46.3 Å². The molecule has 14 heteroatoms. The van der Waals surface area contributed by atoms with E-state index in [4.69, 9.17) is 23.2 Å². The summed E-state index contributed by atoms with van der Waals surface area (Å²) >= 11 is 15.0. The number of thioether (sulfide) groups is 1. The van der Waals surface area contributed by atoms with Gasteiger partial charge < -0.3 is 0 Å². The fraction of sp³-hybridized carbons (Fsp3) is 0.364. The lowest BCUT2D eigenvalue weighted by Gasteiger charge is -2.22. The maximum Gasteiger partial charge on any atom is 0.282 e. The van der Waals surface area contributed by atoms with Crippen molar-refractivity contribution in [3.05, 3.63) is 62.0 Å². The minimum atomic E-state index is -3.74. The van der Waals surface area contributed by atoms with Crippen molar-refractivity contribution in [2.24, 2.45) is 0 Å². The Morgan fingerprint density at radius 3 is 2.56 bits per heavy atom. The third kappa shape index (κ3) is 5.13. The number of ketones is 1. The smallest absolute Gasteiger partial charge is 0.282 e. The largest absolute Gasteiger partial charge is 0.297 e. The summed E-state index contributed by atoms with van der Waals surface area (Å²) in [7, 11) is -3.74. The summed E-state index contributed by atoms with van der Waals surface area (Å²) < 4.78 is 30.4. The molecule has 2 fully saturated rings. The lowest BCUT2D eigenvalue weighted by molar-refractivity contribution is -0.117. The molecule has 4 heterocycles. The molecule has 0 saturated carbocycles. The molecule has 36 heavy (non-hydrogen) atoms. The van der Waals surface area contributed by atoms with E-state index in [0.29, 0.717) is 23.2 Å². The number of thiophene rings is 1. The van der Waals surface area contributed by atoms with Crippen LogP contribution in [0.1, 0.15) is 39.8 Å². The molecule has 9 nitrogen and oxygen atoms in total. The highest BCUT2D eigenvalue weighted by atomic mass is 35.5. The minimum absolute atomic E-state index is 0.0629. The second-order valence-electron chi connectivity index (χ2n) is 8.37. The fourth-order valence-electron chi connectivity index (χ4n) is 4.14. The van der Waals surface area contributed by atoms with Gasteiger partial charge in [-0.25, -0.2) is 4.98 Å². The number of rotatable bonds is 7. The highest BCUT2D eigenvalue weighted by Crippen LogP contribution is 2.32. The second kappa shape index (κ2) is 10.5. The van der Waals surface area contributed by atoms with E-state index in [1.165, 1.54) is 31.7 Å². The molecule has 1 atom stereocenters. The quantitative estimate of drug-likeness (QED) is 0.387. The summed E-state index contributed by atoms with van der Waals surface area (Å²) in [5.74, 6) is -1.05. The van der Waals surface area contributed by atoms with Crippen molar-refractivity contribution in [1.29, 1.82) is 0 Å². The summed E-state index contributed by atoms with van der Waals surface area (Å²) in [6.07, 6.45) is 1.60. The molecule has 2 aromatic heterocycles. The molecule has 2 aliphatic heterocycles. The monoisotopic (exact) mass is 585 g/mol. The molecule has 0 radical (unpaired) electrons. The Morgan fingerprint density at radius 1 is 1.11 bits per heavy atom. The fourth-order valence-corrected chi connectivity index (χ4v) is 8.10. The maximum absolute atomic E-state index is 13.4. The number of benzene rings is 1. The Kier molecular flexibility index (Phi) is 7.55. The van der Waals surface area contributed by atoms with E-state index in [1.807, 2.05) is 6.07 Å². The Bertz CT molecular complexity index is 1420. The van der Waals surface area contributed by atoms with Gasteiger partial charge in [-0.2, -0.15) is 21.7 Å². The van der Waals surface area contributed by atoms with E-state index < -0.39 is 22.0 Å². The van der Waals surface area contributed by atoms with Crippen molar-refractivity contribution in [2.75, 3.05) is 26.2 Å². The van der Waals surface area contributed by atoms with Gasteiger partial charge in [0.05, 0.1) is 27.4 Å². The Balaban J connectivity index is 1.45. The van der Waals surface area contributed by atoms with E-state index in [0.717, 1.165) is 22.4 Å². The van der Waals surface area contributed by atoms with Crippen LogP contribution in [0.2, 0.25) is 9.36 Å². The van der Waals surface area contributed by atoms with Gasteiger partial charge in [0.2, 0.25) is 0 Å². The van der Waals surface area contributed by atoms with Crippen molar-refractivity contribution in [3.8, 4) is 0 Å². The van der Waals surface area contributed by atoms with Gasteiger partial charge in [0.25, 0.3) is 16.1 Å². The van der Waals surface area contributed by atoms with Crippen molar-refractivity contribution in [1.82, 2.24) is 23.4 Å². The van der Waals surface area contributed by atoms with Gasteiger partial charge in [-0.3, -0.25) is 9.59 Å². The van der Waals surface area contributed by atoms with Crippen LogP contribution in [0.15, 0.2) is 41.6 Å². The van der Waals surface area contributed by atoms with E-state index in [2.05, 4.69) is 10.1 Å². The Hall–Kier alpha value is -1.80. The van der Waals surface area contributed by atoms with Crippen molar-refractivity contribution in [2.45, 2.75) is 29.7 Å². The zero-order valence-electron chi connectivity index (χ0n) is 18.8. The molecule has 0 amide bonds. The molecule has 2 saturated heterocycles. The number of hydrogen-bond acceptors (Lipinski definition) is 8. The highest BCUT2D eigenvalue weighted by Gasteiger charge is 2.43. The number of Topliss-reactive ketones (excluding diaryl/α,β-unsaturated/α-hetero) is 1. The summed E-state index contributed by atoms with van der Waals surface area (Å²) in [5, 5.41) is 4.94. The van der Waals surface area contributed by atoms with Gasteiger partial charge >= 0.3 is 0 Å². The van der Waals surface area contributed by atoms with Crippen molar-refractivity contribution in [3.63, 3.8) is 0 Å². The van der Waals surface area contributed by atoms with Crippen LogP contribution in [0.3, 0.4) is 0 Å². The molecule has 1 aromatic carbocycles. The molecule has 0 bridgehead atoms. The van der Waals surface area contributed by atoms with Gasteiger partial charge in [-0.05, 0) is 37.1 Å². The van der Waals surface area contributed by atoms with Crippen molar-refractivity contribution < 1.29 is 18.0 Å². The van der Waals surface area contributed by atoms with Gasteiger partial charge in [0.15, 0.2) is 16.8 Å². The summed E-state index contributed by atoms with van der Waals surface area (Å²) in [4.78, 5) is 31.8. The number of carbonyl (C=O) groups excluding carboxylic acids is 2. The van der Waals surface area contributed by atoms with Gasteiger partial charge in [-0.1, -0.05) is 47.1 Å². The van der Waals surface area contributed by atoms with Crippen LogP contribution in [0.4, 0.5) is 0 Å². The molecule has 5 rings (SSSR count). The molecule has 0 N–H and O–H groups in total. The first-order valence-corrected chi connectivity index (χ1v) is 15.1. The van der Waals surface area contributed by atoms with Crippen LogP contribution in [-0.2, 0) is 20.8 Å². The third-order valence-corrected chi connectivity index (χ3v) is 10.7. The molecule has 1 unspecified atom stereocenters. The Morgan fingerprint density at radius 2 is 1.86 bits per heavy atom. The summed E-state index contributed by atoms with van der Waals surface area (Å²) in [6.45, 7) is 0.591. The maximum atomic E-state index is 13.4. The predicted octanol–water partition coefficient (Wildman–Crippen LogP) is 3.94. The predicted molar refractivity (Wildman–Crippen MR) is 139 cm³/mol. The molecule has 190 valence electrons. The molecule has 3 aromatic rings. The molecular weight excluding hydrogens is 565 g/mol. The second-order valence-corrected chi connectivity index (χ2v) is 13.4. The first-order valence-electron chi connectivity index (χ1n) is 11.1. The zero-order valence-corrected chi connectivity index (χ0v) is 22.8. The summed E-state index contributed by atoms with van der Waals surface area (Å²) in [5.41, 5.74) is 0.243. The first kappa shape index (κ1) is 25.8. The molecule has 0 spiro atoms. The number of nitrogens with zero attached hydrogens (tertiary/aromatic N) is 5. The Labute approximate surface area is 226 Å². The number of aromatic nitrogens is 3. The SMILES string of the molecule is O=C1CN(S(=O)(=O)N2CCCC2)CC1c1nc(SCc2ccc(Cl)s2)n(C(=O)c2ccccc2Cl)n1. The topological polar surface area (TPSA) is 105 Å². The molecule has 2 aliphatic rings. The molecule has 0 aliphatic carbocycles. The van der Waals surface area contributed by atoms with E-state index in [-0.39, 0.29) is 40.4 Å². The average molecular weight is 587 g/mol. The van der Waals surface area contributed by atoms with E-state index in [9.17, 15) is 18.0 Å². The zero-order chi connectivity index (χ0) is 25.4. The van der Waals surface area contributed by atoms with Crippen LogP contribution in [0, 0.1) is 0 Å². The van der Waals surface area contributed by atoms with E-state index in [1.54, 1.807) is 30.3 Å². The average Bonchev–Trinajstić information content (AvgIpc) is 3.64. The van der Waals surface area contributed by atoms with Gasteiger partial charge in [-0.15, -0.1) is 16.4 Å². The van der Waals surface area contributed by atoms with Gasteiger partial charge in [0.1, 0.15) is 0 Å². The number of halogens is 2. The minimum Gasteiger partial charge on any atom is -0.297 e. The molecular formula is C22H21Cl2N5O4S3. The van der Waals surface area contributed by atoms with E-state index >= 15 is 0 Å².